The van der Waals surface area contributed by atoms with Crippen LogP contribution in [0.3, 0.4) is 0 Å². The average molecular weight is 661 g/mol. The third kappa shape index (κ3) is 9.15. The molecular formula is C31H37ClN4O10. The number of nitrogens with zero attached hydrogens (tertiary/aromatic N) is 1. The molecule has 0 unspecified atom stereocenters. The van der Waals surface area contributed by atoms with Crippen molar-refractivity contribution in [3.63, 3.8) is 0 Å². The van der Waals surface area contributed by atoms with E-state index in [0.29, 0.717) is 0 Å². The number of amides is 3. The highest BCUT2D eigenvalue weighted by Crippen LogP contribution is 2.43. The fraction of sp³-hybridized carbons (Fsp3) is 0.452. The van der Waals surface area contributed by atoms with E-state index in [9.17, 15) is 34.7 Å². The molecule has 0 radical (unpaired) electrons. The summed E-state index contributed by atoms with van der Waals surface area (Å²) in [4.78, 5) is 53.3. The summed E-state index contributed by atoms with van der Waals surface area (Å²) in [5.74, 6) is -3.66. The van der Waals surface area contributed by atoms with Gasteiger partial charge < -0.3 is 45.1 Å². The van der Waals surface area contributed by atoms with Gasteiger partial charge in [0, 0.05) is 0 Å². The fourth-order valence-corrected chi connectivity index (χ4v) is 4.54. The summed E-state index contributed by atoms with van der Waals surface area (Å²) in [6.07, 6.45) is -3.37. The summed E-state index contributed by atoms with van der Waals surface area (Å²) in [6, 6.07) is 3.37. The second-order valence-corrected chi connectivity index (χ2v) is 12.7. The third-order valence-corrected chi connectivity index (χ3v) is 6.54. The number of esters is 1. The number of ether oxygens (including phenoxy) is 4. The first-order valence-corrected chi connectivity index (χ1v) is 14.5. The van der Waals surface area contributed by atoms with Crippen LogP contribution in [0.5, 0.6) is 23.0 Å². The lowest BCUT2D eigenvalue weighted by atomic mass is 10.00. The van der Waals surface area contributed by atoms with Crippen molar-refractivity contribution in [3.8, 4) is 29.1 Å². The van der Waals surface area contributed by atoms with Gasteiger partial charge in [-0.2, -0.15) is 5.26 Å². The van der Waals surface area contributed by atoms with Crippen LogP contribution in [0.2, 0.25) is 5.02 Å². The standard InChI is InChI=1S/C31H37ClN4O10/c1-30(2,3)45-28(41)22-16-13-19(37)25(43-7)21(14-16)44-20-9-8-15(12-17(20)32)24(38)23(36-29(42)46-31(4,5)6)27(40)34-18(10-11-33)26(39)35-22/h8-9,12-14,18,22-24,37-38H,10H2,1-7H3,(H,34,40)(H,35,39)(H,36,42)/t18-,22-,23+,24+/m0/s1. The van der Waals surface area contributed by atoms with E-state index in [1.165, 1.54) is 31.4 Å². The number of benzene rings is 2. The van der Waals surface area contributed by atoms with Gasteiger partial charge in [-0.3, -0.25) is 9.59 Å². The highest BCUT2D eigenvalue weighted by molar-refractivity contribution is 6.32. The molecule has 248 valence electrons. The molecule has 0 aromatic heterocycles. The third-order valence-electron chi connectivity index (χ3n) is 6.24. The number of aliphatic hydroxyl groups excluding tert-OH is 1. The summed E-state index contributed by atoms with van der Waals surface area (Å²) in [5.41, 5.74) is -1.90. The van der Waals surface area contributed by atoms with E-state index in [1.54, 1.807) is 47.6 Å². The second-order valence-electron chi connectivity index (χ2n) is 12.3. The van der Waals surface area contributed by atoms with Crippen molar-refractivity contribution in [1.29, 1.82) is 5.26 Å². The Hall–Kier alpha value is -4.74. The maximum Gasteiger partial charge on any atom is 0.408 e. The van der Waals surface area contributed by atoms with Crippen LogP contribution in [0.25, 0.3) is 0 Å². The minimum absolute atomic E-state index is 0.00216. The van der Waals surface area contributed by atoms with Gasteiger partial charge in [0.15, 0.2) is 17.5 Å². The molecule has 2 aromatic rings. The SMILES string of the molecule is COc1c(O)cc2cc1Oc1ccc(cc1Cl)[C@@H](O)[C@@H](NC(=O)OC(C)(C)C)C(=O)N[C@@H](CC#N)C(=O)N[C@@H]2C(=O)OC(C)(C)C. The second kappa shape index (κ2) is 14.1. The van der Waals surface area contributed by atoms with Gasteiger partial charge in [-0.25, -0.2) is 9.59 Å². The quantitative estimate of drug-likeness (QED) is 0.299. The largest absolute Gasteiger partial charge is 0.504 e. The van der Waals surface area contributed by atoms with Crippen LogP contribution in [-0.2, 0) is 23.9 Å². The molecule has 2 heterocycles. The number of halogens is 1. The molecule has 46 heavy (non-hydrogen) atoms. The van der Waals surface area contributed by atoms with E-state index in [1.807, 2.05) is 0 Å². The first-order chi connectivity index (χ1) is 21.3. The van der Waals surface area contributed by atoms with E-state index >= 15 is 0 Å². The zero-order chi connectivity index (χ0) is 34.6. The van der Waals surface area contributed by atoms with E-state index in [-0.39, 0.29) is 33.4 Å². The maximum atomic E-state index is 13.6. The Morgan fingerprint density at radius 1 is 1.00 bits per heavy atom. The average Bonchev–Trinajstić information content (AvgIpc) is 2.92. The number of phenolic OH excluding ortho intramolecular Hbond substituents is 1. The van der Waals surface area contributed by atoms with Gasteiger partial charge in [-0.1, -0.05) is 17.7 Å². The first-order valence-electron chi connectivity index (χ1n) is 14.1. The number of nitriles is 1. The number of hydrogen-bond acceptors (Lipinski definition) is 11. The Kier molecular flexibility index (Phi) is 11.0. The van der Waals surface area contributed by atoms with E-state index < -0.39 is 71.5 Å². The molecular weight excluding hydrogens is 624 g/mol. The van der Waals surface area contributed by atoms with Gasteiger partial charge in [0.2, 0.25) is 17.6 Å². The minimum atomic E-state index is -1.74. The molecule has 0 spiro atoms. The van der Waals surface area contributed by atoms with Gasteiger partial charge in [0.1, 0.15) is 35.1 Å². The minimum Gasteiger partial charge on any atom is -0.504 e. The molecule has 2 aliphatic heterocycles. The Labute approximate surface area is 270 Å². The number of nitrogens with one attached hydrogen (secondary N) is 3. The van der Waals surface area contributed by atoms with Gasteiger partial charge in [0.05, 0.1) is 24.6 Å². The summed E-state index contributed by atoms with van der Waals surface area (Å²) >= 11 is 6.50. The lowest BCUT2D eigenvalue weighted by Crippen LogP contribution is -2.56. The van der Waals surface area contributed by atoms with Crippen LogP contribution in [0.4, 0.5) is 4.79 Å². The number of alkyl carbamates (subject to hydrolysis) is 1. The van der Waals surface area contributed by atoms with Gasteiger partial charge in [-0.05, 0) is 76.9 Å². The van der Waals surface area contributed by atoms with Crippen molar-refractivity contribution >= 4 is 35.5 Å². The van der Waals surface area contributed by atoms with Gasteiger partial charge in [0.25, 0.3) is 0 Å². The fourth-order valence-electron chi connectivity index (χ4n) is 4.32. The van der Waals surface area contributed by atoms with Crippen LogP contribution in [0.1, 0.15) is 71.2 Å². The molecule has 4 bridgehead atoms. The van der Waals surface area contributed by atoms with E-state index in [2.05, 4.69) is 16.0 Å². The lowest BCUT2D eigenvalue weighted by molar-refractivity contribution is -0.159. The molecule has 3 amide bonds. The predicted molar refractivity (Wildman–Crippen MR) is 163 cm³/mol. The van der Waals surface area contributed by atoms with Crippen molar-refractivity contribution in [2.24, 2.45) is 0 Å². The monoisotopic (exact) mass is 660 g/mol. The Morgan fingerprint density at radius 2 is 1.65 bits per heavy atom. The van der Waals surface area contributed by atoms with Crippen molar-refractivity contribution < 1.29 is 48.3 Å². The van der Waals surface area contributed by atoms with E-state index in [4.69, 9.17) is 30.5 Å². The Balaban J connectivity index is 2.23. The smallest absolute Gasteiger partial charge is 0.408 e. The number of fused-ring (bicyclic) bond motifs is 9. The van der Waals surface area contributed by atoms with Crippen LogP contribution < -0.4 is 25.4 Å². The number of aliphatic hydroxyl groups is 1. The summed E-state index contributed by atoms with van der Waals surface area (Å²) in [5, 5.41) is 38.7. The Bertz CT molecular complexity index is 1540. The molecule has 5 N–H and O–H groups in total. The molecule has 0 saturated heterocycles. The van der Waals surface area contributed by atoms with Crippen LogP contribution in [0.15, 0.2) is 30.3 Å². The summed E-state index contributed by atoms with van der Waals surface area (Å²) in [6.45, 7) is 9.61. The van der Waals surface area contributed by atoms with Crippen molar-refractivity contribution in [2.75, 3.05) is 7.11 Å². The van der Waals surface area contributed by atoms with Gasteiger partial charge in [-0.15, -0.1) is 0 Å². The van der Waals surface area contributed by atoms with Crippen molar-refractivity contribution in [2.45, 2.75) is 83.4 Å². The highest BCUT2D eigenvalue weighted by Gasteiger charge is 2.37. The number of hydrogen-bond donors (Lipinski definition) is 5. The lowest BCUT2D eigenvalue weighted by Gasteiger charge is -2.29. The molecule has 2 aromatic carbocycles. The molecule has 4 atom stereocenters. The van der Waals surface area contributed by atoms with Crippen molar-refractivity contribution in [1.82, 2.24) is 16.0 Å². The number of aromatic hydroxyl groups is 1. The highest BCUT2D eigenvalue weighted by atomic mass is 35.5. The number of rotatable bonds is 4. The number of carbonyl (C=O) groups excluding carboxylic acids is 4. The summed E-state index contributed by atoms with van der Waals surface area (Å²) < 4.78 is 22.0. The zero-order valence-corrected chi connectivity index (χ0v) is 27.1. The summed E-state index contributed by atoms with van der Waals surface area (Å²) in [7, 11) is 1.27. The number of methoxy groups -OCH3 is 1. The van der Waals surface area contributed by atoms with Crippen LogP contribution in [0, 0.1) is 11.3 Å². The molecule has 0 saturated carbocycles. The van der Waals surface area contributed by atoms with Crippen molar-refractivity contribution in [3.05, 3.63) is 46.5 Å². The maximum absolute atomic E-state index is 13.6. The first kappa shape index (κ1) is 35.7. The van der Waals surface area contributed by atoms with E-state index in [0.717, 1.165) is 6.07 Å². The molecule has 14 nitrogen and oxygen atoms in total. The topological polar surface area (TPSA) is 206 Å². The molecule has 15 heteroatoms. The zero-order valence-electron chi connectivity index (χ0n) is 26.4. The molecule has 4 rings (SSSR count). The predicted octanol–water partition coefficient (Wildman–Crippen LogP) is 3.68. The number of phenols is 1. The molecule has 0 aliphatic carbocycles. The molecule has 0 fully saturated rings. The normalized spacial score (nSPS) is 20.3. The van der Waals surface area contributed by atoms with Crippen LogP contribution >= 0.6 is 11.6 Å². The van der Waals surface area contributed by atoms with Gasteiger partial charge >= 0.3 is 12.1 Å². The number of carbonyl (C=O) groups is 4. The Morgan fingerprint density at radius 3 is 2.22 bits per heavy atom. The van der Waals surface area contributed by atoms with Crippen LogP contribution in [-0.4, -0.2) is 64.5 Å². The molecule has 2 aliphatic rings.